The summed E-state index contributed by atoms with van der Waals surface area (Å²) in [4.78, 5) is 0. The third kappa shape index (κ3) is 2.89. The van der Waals surface area contributed by atoms with Gasteiger partial charge < -0.3 is 14.8 Å². The standard InChI is InChI=1S/C13H11BClFO3/c1-19-13-6-10(8-3-2-4-9(15)5-8)12(16)7-11(13)14(17)18/h2-7,17-18H,1H3. The van der Waals surface area contributed by atoms with Gasteiger partial charge in [-0.25, -0.2) is 4.39 Å². The lowest BCUT2D eigenvalue weighted by molar-refractivity contribution is 0.402. The molecule has 0 aromatic heterocycles. The summed E-state index contributed by atoms with van der Waals surface area (Å²) in [6.07, 6.45) is 0. The quantitative estimate of drug-likeness (QED) is 0.844. The normalized spacial score (nSPS) is 10.4. The Kier molecular flexibility index (Phi) is 4.09. The van der Waals surface area contributed by atoms with Crippen molar-refractivity contribution in [1.82, 2.24) is 0 Å². The van der Waals surface area contributed by atoms with E-state index in [0.29, 0.717) is 10.6 Å². The highest BCUT2D eigenvalue weighted by Crippen LogP contribution is 2.28. The first-order valence-electron chi connectivity index (χ1n) is 5.52. The van der Waals surface area contributed by atoms with Crippen molar-refractivity contribution in [3.8, 4) is 16.9 Å². The van der Waals surface area contributed by atoms with Crippen molar-refractivity contribution in [3.63, 3.8) is 0 Å². The van der Waals surface area contributed by atoms with Crippen LogP contribution < -0.4 is 10.2 Å². The van der Waals surface area contributed by atoms with Crippen LogP contribution in [0, 0.1) is 5.82 Å². The van der Waals surface area contributed by atoms with Gasteiger partial charge in [0, 0.05) is 16.0 Å². The lowest BCUT2D eigenvalue weighted by atomic mass is 9.78. The van der Waals surface area contributed by atoms with Crippen molar-refractivity contribution >= 4 is 24.2 Å². The molecule has 0 aliphatic heterocycles. The minimum absolute atomic E-state index is 0.0224. The molecule has 0 fully saturated rings. The number of hydrogen-bond acceptors (Lipinski definition) is 3. The Morgan fingerprint density at radius 1 is 1.21 bits per heavy atom. The molecular formula is C13H11BClFO3. The van der Waals surface area contributed by atoms with Gasteiger partial charge in [0.1, 0.15) is 11.6 Å². The molecule has 6 heteroatoms. The van der Waals surface area contributed by atoms with Gasteiger partial charge >= 0.3 is 7.12 Å². The summed E-state index contributed by atoms with van der Waals surface area (Å²) in [5, 5.41) is 18.8. The van der Waals surface area contributed by atoms with Crippen LogP contribution in [0.3, 0.4) is 0 Å². The molecule has 98 valence electrons. The van der Waals surface area contributed by atoms with Gasteiger partial charge in [0.25, 0.3) is 0 Å². The summed E-state index contributed by atoms with van der Waals surface area (Å²) in [7, 11) is -0.418. The largest absolute Gasteiger partial charge is 0.497 e. The molecule has 2 aromatic carbocycles. The van der Waals surface area contributed by atoms with Crippen LogP contribution in [-0.2, 0) is 0 Å². The lowest BCUT2D eigenvalue weighted by Gasteiger charge is -2.12. The van der Waals surface area contributed by atoms with Gasteiger partial charge in [0.15, 0.2) is 0 Å². The second-order valence-electron chi connectivity index (χ2n) is 3.96. The van der Waals surface area contributed by atoms with E-state index in [4.69, 9.17) is 26.4 Å². The molecule has 0 bridgehead atoms. The predicted molar refractivity (Wildman–Crippen MR) is 73.2 cm³/mol. The highest BCUT2D eigenvalue weighted by molar-refractivity contribution is 6.59. The van der Waals surface area contributed by atoms with Crippen LogP contribution in [-0.4, -0.2) is 24.3 Å². The molecule has 0 amide bonds. The summed E-state index contributed by atoms with van der Waals surface area (Å²) in [6, 6.07) is 9.17. The molecule has 0 unspecified atom stereocenters. The third-order valence-corrected chi connectivity index (χ3v) is 2.97. The molecule has 0 atom stereocenters. The van der Waals surface area contributed by atoms with Gasteiger partial charge in [0.05, 0.1) is 7.11 Å². The number of rotatable bonds is 3. The van der Waals surface area contributed by atoms with Crippen LogP contribution in [0.2, 0.25) is 5.02 Å². The molecule has 0 aliphatic rings. The smallest absolute Gasteiger partial charge is 0.492 e. The number of halogens is 2. The zero-order chi connectivity index (χ0) is 14.0. The van der Waals surface area contributed by atoms with Crippen molar-refractivity contribution in [2.75, 3.05) is 7.11 Å². The van der Waals surface area contributed by atoms with E-state index >= 15 is 0 Å². The van der Waals surface area contributed by atoms with Crippen molar-refractivity contribution in [2.45, 2.75) is 0 Å². The summed E-state index contributed by atoms with van der Waals surface area (Å²) < 4.78 is 19.1. The molecule has 0 saturated carbocycles. The van der Waals surface area contributed by atoms with Crippen LogP contribution in [0.5, 0.6) is 5.75 Å². The van der Waals surface area contributed by atoms with Crippen molar-refractivity contribution in [2.24, 2.45) is 0 Å². The number of methoxy groups -OCH3 is 1. The molecule has 2 N–H and O–H groups in total. The fourth-order valence-corrected chi connectivity index (χ4v) is 2.01. The lowest BCUT2D eigenvalue weighted by Crippen LogP contribution is -2.31. The van der Waals surface area contributed by atoms with Gasteiger partial charge in [-0.1, -0.05) is 23.7 Å². The van der Waals surface area contributed by atoms with Gasteiger partial charge in [-0.15, -0.1) is 0 Å². The first-order valence-corrected chi connectivity index (χ1v) is 5.90. The van der Waals surface area contributed by atoms with Crippen LogP contribution in [0.25, 0.3) is 11.1 Å². The maximum Gasteiger partial charge on any atom is 0.492 e. The molecular weight excluding hydrogens is 269 g/mol. The van der Waals surface area contributed by atoms with E-state index in [9.17, 15) is 4.39 Å². The van der Waals surface area contributed by atoms with E-state index in [1.807, 2.05) is 0 Å². The zero-order valence-electron chi connectivity index (χ0n) is 10.1. The molecule has 19 heavy (non-hydrogen) atoms. The highest BCUT2D eigenvalue weighted by atomic mass is 35.5. The average molecular weight is 280 g/mol. The topological polar surface area (TPSA) is 49.7 Å². The van der Waals surface area contributed by atoms with Gasteiger partial charge in [-0.3, -0.25) is 0 Å². The maximum absolute atomic E-state index is 14.0. The average Bonchev–Trinajstić information content (AvgIpc) is 2.38. The molecule has 2 aromatic rings. The molecule has 0 radical (unpaired) electrons. The first kappa shape index (κ1) is 13.9. The molecule has 0 aliphatic carbocycles. The molecule has 0 saturated heterocycles. The Bertz CT molecular complexity index is 604. The fraction of sp³-hybridized carbons (Fsp3) is 0.0769. The van der Waals surface area contributed by atoms with Gasteiger partial charge in [-0.05, 0) is 29.8 Å². The van der Waals surface area contributed by atoms with E-state index in [-0.39, 0.29) is 16.8 Å². The number of ether oxygens (including phenoxy) is 1. The minimum atomic E-state index is -1.79. The number of hydrogen-bond donors (Lipinski definition) is 2. The van der Waals surface area contributed by atoms with E-state index < -0.39 is 12.9 Å². The third-order valence-electron chi connectivity index (χ3n) is 2.73. The Morgan fingerprint density at radius 3 is 2.53 bits per heavy atom. The Labute approximate surface area is 115 Å². The summed E-state index contributed by atoms with van der Waals surface area (Å²) in [6.45, 7) is 0. The van der Waals surface area contributed by atoms with Crippen molar-refractivity contribution < 1.29 is 19.2 Å². The minimum Gasteiger partial charge on any atom is -0.497 e. The van der Waals surface area contributed by atoms with E-state index in [2.05, 4.69) is 0 Å². The second-order valence-corrected chi connectivity index (χ2v) is 4.39. The highest BCUT2D eigenvalue weighted by Gasteiger charge is 2.20. The monoisotopic (exact) mass is 280 g/mol. The van der Waals surface area contributed by atoms with Crippen LogP contribution in [0.15, 0.2) is 36.4 Å². The van der Waals surface area contributed by atoms with E-state index in [1.165, 1.54) is 13.2 Å². The number of benzene rings is 2. The summed E-state index contributed by atoms with van der Waals surface area (Å²) in [5.74, 6) is -0.377. The van der Waals surface area contributed by atoms with Crippen molar-refractivity contribution in [1.29, 1.82) is 0 Å². The van der Waals surface area contributed by atoms with E-state index in [0.717, 1.165) is 6.07 Å². The SMILES string of the molecule is COc1cc(-c2cccc(Cl)c2)c(F)cc1B(O)O. The van der Waals surface area contributed by atoms with Crippen LogP contribution in [0.1, 0.15) is 0 Å². The maximum atomic E-state index is 14.0. The Morgan fingerprint density at radius 2 is 1.95 bits per heavy atom. The molecule has 0 heterocycles. The molecule has 0 spiro atoms. The molecule has 3 nitrogen and oxygen atoms in total. The van der Waals surface area contributed by atoms with Gasteiger partial charge in [0.2, 0.25) is 0 Å². The van der Waals surface area contributed by atoms with Crippen LogP contribution >= 0.6 is 11.6 Å². The summed E-state index contributed by atoms with van der Waals surface area (Å²) >= 11 is 5.87. The summed E-state index contributed by atoms with van der Waals surface area (Å²) in [5.41, 5.74) is 0.844. The Balaban J connectivity index is 2.59. The second kappa shape index (κ2) is 5.61. The van der Waals surface area contributed by atoms with Crippen LogP contribution in [0.4, 0.5) is 4.39 Å². The zero-order valence-corrected chi connectivity index (χ0v) is 10.9. The van der Waals surface area contributed by atoms with Gasteiger partial charge in [-0.2, -0.15) is 0 Å². The van der Waals surface area contributed by atoms with Crippen molar-refractivity contribution in [3.05, 3.63) is 47.2 Å². The predicted octanol–water partition coefficient (Wildman–Crippen LogP) is 1.83. The molecule has 2 rings (SSSR count). The van der Waals surface area contributed by atoms with E-state index in [1.54, 1.807) is 24.3 Å². The fourth-order valence-electron chi connectivity index (χ4n) is 1.82. The Hall–Kier alpha value is -1.56. The first-order chi connectivity index (χ1) is 9.02.